The third-order valence-electron chi connectivity index (χ3n) is 4.66. The highest BCUT2D eigenvalue weighted by atomic mass is 16.3. The van der Waals surface area contributed by atoms with Gasteiger partial charge in [0.25, 0.3) is 5.91 Å². The van der Waals surface area contributed by atoms with E-state index in [1.807, 2.05) is 30.3 Å². The Morgan fingerprint density at radius 1 is 0.852 bits per heavy atom. The number of benzene rings is 2. The van der Waals surface area contributed by atoms with Gasteiger partial charge in [-0.25, -0.2) is 9.97 Å². The second-order valence-electron chi connectivity index (χ2n) is 6.21. The number of carbonyl (C=O) groups excluding carboxylic acids is 1. The number of anilines is 1. The van der Waals surface area contributed by atoms with Crippen LogP contribution in [-0.2, 0) is 0 Å². The molecule has 1 aliphatic rings. The van der Waals surface area contributed by atoms with E-state index in [2.05, 4.69) is 9.97 Å². The number of fused-ring (bicyclic) bond motifs is 2. The van der Waals surface area contributed by atoms with Crippen LogP contribution in [0.15, 0.2) is 82.3 Å². The SMILES string of the molecule is O=C1c2oc3ccccc3c(=O)c2C(c2ccccc2)N1c1ncccn1. The third-order valence-corrected chi connectivity index (χ3v) is 4.66. The maximum absolute atomic E-state index is 13.2. The first-order chi connectivity index (χ1) is 13.3. The molecule has 4 aromatic rings. The summed E-state index contributed by atoms with van der Waals surface area (Å²) in [5.74, 6) is -0.154. The molecule has 0 bridgehead atoms. The highest BCUT2D eigenvalue weighted by molar-refractivity contribution is 6.09. The molecule has 1 amide bonds. The molecular formula is C21H13N3O3. The van der Waals surface area contributed by atoms with Crippen molar-refractivity contribution in [1.29, 1.82) is 0 Å². The molecule has 1 aliphatic heterocycles. The van der Waals surface area contributed by atoms with Crippen LogP contribution in [0.25, 0.3) is 11.0 Å². The summed E-state index contributed by atoms with van der Waals surface area (Å²) in [6.45, 7) is 0. The van der Waals surface area contributed by atoms with E-state index in [1.54, 1.807) is 42.7 Å². The van der Waals surface area contributed by atoms with Gasteiger partial charge in [-0.05, 0) is 23.8 Å². The molecule has 130 valence electrons. The molecule has 1 unspecified atom stereocenters. The van der Waals surface area contributed by atoms with Gasteiger partial charge in [-0.2, -0.15) is 0 Å². The Hall–Kier alpha value is -3.80. The molecule has 3 heterocycles. The quantitative estimate of drug-likeness (QED) is 0.551. The number of nitrogens with zero attached hydrogens (tertiary/aromatic N) is 3. The molecule has 2 aromatic heterocycles. The van der Waals surface area contributed by atoms with E-state index >= 15 is 0 Å². The maximum Gasteiger partial charge on any atom is 0.297 e. The average molecular weight is 355 g/mol. The zero-order valence-electron chi connectivity index (χ0n) is 14.1. The fraction of sp³-hybridized carbons (Fsp3) is 0.0476. The zero-order chi connectivity index (χ0) is 18.4. The Labute approximate surface area is 153 Å². The number of hydrogen-bond donors (Lipinski definition) is 0. The van der Waals surface area contributed by atoms with Crippen molar-refractivity contribution in [3.63, 3.8) is 0 Å². The van der Waals surface area contributed by atoms with Crippen molar-refractivity contribution < 1.29 is 9.21 Å². The van der Waals surface area contributed by atoms with E-state index in [0.717, 1.165) is 5.56 Å². The number of amides is 1. The molecule has 0 aliphatic carbocycles. The summed E-state index contributed by atoms with van der Waals surface area (Å²) in [6, 6.07) is 17.3. The molecule has 6 heteroatoms. The highest BCUT2D eigenvalue weighted by Gasteiger charge is 2.44. The van der Waals surface area contributed by atoms with Crippen molar-refractivity contribution >= 4 is 22.8 Å². The summed E-state index contributed by atoms with van der Waals surface area (Å²) in [5, 5.41) is 0.445. The average Bonchev–Trinajstić information content (AvgIpc) is 3.02. The molecule has 0 fully saturated rings. The molecule has 2 aromatic carbocycles. The smallest absolute Gasteiger partial charge is 0.297 e. The number of rotatable bonds is 2. The number of para-hydroxylation sites is 1. The van der Waals surface area contributed by atoms with Gasteiger partial charge in [0, 0.05) is 12.4 Å². The molecule has 0 saturated carbocycles. The highest BCUT2D eigenvalue weighted by Crippen LogP contribution is 2.39. The lowest BCUT2D eigenvalue weighted by Crippen LogP contribution is -2.31. The summed E-state index contributed by atoms with van der Waals surface area (Å²) in [7, 11) is 0. The van der Waals surface area contributed by atoms with Gasteiger partial charge in [0.15, 0.2) is 5.43 Å². The predicted molar refractivity (Wildman–Crippen MR) is 99.6 cm³/mol. The fourth-order valence-electron chi connectivity index (χ4n) is 3.49. The molecule has 0 N–H and O–H groups in total. The fourth-order valence-corrected chi connectivity index (χ4v) is 3.49. The second-order valence-corrected chi connectivity index (χ2v) is 6.21. The largest absolute Gasteiger partial charge is 0.450 e. The van der Waals surface area contributed by atoms with Gasteiger partial charge in [-0.3, -0.25) is 14.5 Å². The molecule has 27 heavy (non-hydrogen) atoms. The first-order valence-corrected chi connectivity index (χ1v) is 8.47. The normalized spacial score (nSPS) is 15.9. The van der Waals surface area contributed by atoms with Crippen LogP contribution in [0.5, 0.6) is 0 Å². The summed E-state index contributed by atoms with van der Waals surface area (Å²) in [4.78, 5) is 36.3. The molecule has 0 spiro atoms. The number of aromatic nitrogens is 2. The summed E-state index contributed by atoms with van der Waals surface area (Å²) >= 11 is 0. The summed E-state index contributed by atoms with van der Waals surface area (Å²) in [6.07, 6.45) is 3.12. The van der Waals surface area contributed by atoms with Crippen LogP contribution in [0.3, 0.4) is 0 Å². The van der Waals surface area contributed by atoms with E-state index in [0.29, 0.717) is 16.5 Å². The molecule has 0 radical (unpaired) electrons. The van der Waals surface area contributed by atoms with Gasteiger partial charge in [0.05, 0.1) is 17.0 Å². The Balaban J connectivity index is 1.84. The number of carbonyl (C=O) groups is 1. The Morgan fingerprint density at radius 3 is 2.33 bits per heavy atom. The van der Waals surface area contributed by atoms with Crippen LogP contribution in [0.4, 0.5) is 5.95 Å². The predicted octanol–water partition coefficient (Wildman–Crippen LogP) is 3.33. The molecular weight excluding hydrogens is 342 g/mol. The Morgan fingerprint density at radius 2 is 1.56 bits per heavy atom. The standard InChI is InChI=1S/C21H13N3O3/c25-18-14-9-4-5-10-15(14)27-19-16(18)17(13-7-2-1-3-8-13)24(20(19)26)21-22-11-6-12-23-21/h1-12,17H. The molecule has 5 rings (SSSR count). The van der Waals surface area contributed by atoms with Gasteiger partial charge in [0.1, 0.15) is 5.58 Å². The van der Waals surface area contributed by atoms with Crippen LogP contribution in [0, 0.1) is 0 Å². The maximum atomic E-state index is 13.2. The van der Waals surface area contributed by atoms with E-state index < -0.39 is 11.9 Å². The van der Waals surface area contributed by atoms with Gasteiger partial charge in [-0.1, -0.05) is 42.5 Å². The van der Waals surface area contributed by atoms with Crippen molar-refractivity contribution in [2.24, 2.45) is 0 Å². The lowest BCUT2D eigenvalue weighted by molar-refractivity contribution is 0.0969. The first kappa shape index (κ1) is 15.5. The first-order valence-electron chi connectivity index (χ1n) is 8.47. The Kier molecular flexibility index (Phi) is 3.36. The van der Waals surface area contributed by atoms with Gasteiger partial charge in [0.2, 0.25) is 11.7 Å². The van der Waals surface area contributed by atoms with E-state index in [-0.39, 0.29) is 17.1 Å². The minimum Gasteiger partial charge on any atom is -0.450 e. The summed E-state index contributed by atoms with van der Waals surface area (Å²) in [5.41, 5.74) is 1.28. The zero-order valence-corrected chi connectivity index (χ0v) is 14.1. The van der Waals surface area contributed by atoms with Crippen LogP contribution in [-0.4, -0.2) is 15.9 Å². The number of hydrogen-bond acceptors (Lipinski definition) is 5. The van der Waals surface area contributed by atoms with Crippen molar-refractivity contribution in [3.8, 4) is 0 Å². The van der Waals surface area contributed by atoms with Crippen molar-refractivity contribution in [3.05, 3.63) is 100 Å². The topological polar surface area (TPSA) is 76.3 Å². The minimum atomic E-state index is -0.642. The van der Waals surface area contributed by atoms with Crippen LogP contribution in [0.2, 0.25) is 0 Å². The lowest BCUT2D eigenvalue weighted by atomic mass is 9.99. The molecule has 6 nitrogen and oxygen atoms in total. The lowest BCUT2D eigenvalue weighted by Gasteiger charge is -2.22. The minimum absolute atomic E-state index is 0.0417. The van der Waals surface area contributed by atoms with Gasteiger partial charge < -0.3 is 4.42 Å². The van der Waals surface area contributed by atoms with Crippen molar-refractivity contribution in [2.75, 3.05) is 4.90 Å². The van der Waals surface area contributed by atoms with Crippen LogP contribution >= 0.6 is 0 Å². The van der Waals surface area contributed by atoms with Crippen LogP contribution < -0.4 is 10.3 Å². The van der Waals surface area contributed by atoms with Crippen molar-refractivity contribution in [2.45, 2.75) is 6.04 Å². The van der Waals surface area contributed by atoms with E-state index in [9.17, 15) is 9.59 Å². The van der Waals surface area contributed by atoms with Crippen LogP contribution in [0.1, 0.15) is 27.7 Å². The van der Waals surface area contributed by atoms with Gasteiger partial charge >= 0.3 is 0 Å². The molecule has 0 saturated heterocycles. The summed E-state index contributed by atoms with van der Waals surface area (Å²) < 4.78 is 5.85. The second kappa shape index (κ2) is 5.88. The monoisotopic (exact) mass is 355 g/mol. The van der Waals surface area contributed by atoms with E-state index in [4.69, 9.17) is 4.42 Å². The van der Waals surface area contributed by atoms with E-state index in [1.165, 1.54) is 4.90 Å². The Bertz CT molecular complexity index is 1220. The molecule has 1 atom stereocenters. The van der Waals surface area contributed by atoms with Gasteiger partial charge in [-0.15, -0.1) is 0 Å². The van der Waals surface area contributed by atoms with Crippen molar-refractivity contribution in [1.82, 2.24) is 9.97 Å². The third kappa shape index (κ3) is 2.27.